The Balaban J connectivity index is 2.03. The molecule has 0 fully saturated rings. The number of nitrogens with zero attached hydrogens (tertiary/aromatic N) is 1. The average Bonchev–Trinajstić information content (AvgIpc) is 2.46. The molecule has 1 amide bonds. The van der Waals surface area contributed by atoms with Gasteiger partial charge < -0.3 is 10.7 Å². The highest BCUT2D eigenvalue weighted by atomic mass is 35.5. The molecule has 2 aromatic rings. The quantitative estimate of drug-likeness (QED) is 0.589. The number of pyridine rings is 1. The van der Waals surface area contributed by atoms with Crippen molar-refractivity contribution < 1.29 is 4.79 Å². The highest BCUT2D eigenvalue weighted by Crippen LogP contribution is 2.12. The van der Waals surface area contributed by atoms with Gasteiger partial charge in [-0.1, -0.05) is 23.7 Å². The lowest BCUT2D eigenvalue weighted by Gasteiger charge is -2.09. The average molecular weight is 277 g/mol. The van der Waals surface area contributed by atoms with Crippen molar-refractivity contribution in [1.29, 1.82) is 0 Å². The van der Waals surface area contributed by atoms with Crippen LogP contribution in [0.5, 0.6) is 0 Å². The third-order valence-corrected chi connectivity index (χ3v) is 2.84. The Morgan fingerprint density at radius 1 is 1.26 bits per heavy atom. The van der Waals surface area contributed by atoms with Crippen molar-refractivity contribution in [2.24, 2.45) is 5.84 Å². The van der Waals surface area contributed by atoms with Crippen molar-refractivity contribution in [3.63, 3.8) is 0 Å². The summed E-state index contributed by atoms with van der Waals surface area (Å²) in [4.78, 5) is 15.9. The number of halogens is 1. The number of hydrogen-bond acceptors (Lipinski definition) is 4. The Labute approximate surface area is 115 Å². The van der Waals surface area contributed by atoms with Gasteiger partial charge in [-0.25, -0.2) is 0 Å². The molecule has 0 aliphatic heterocycles. The monoisotopic (exact) mass is 276 g/mol. The molecule has 98 valence electrons. The number of hydrogen-bond donors (Lipinski definition) is 3. The van der Waals surface area contributed by atoms with Crippen molar-refractivity contribution in [1.82, 2.24) is 10.3 Å². The normalized spacial score (nSPS) is 10.0. The fraction of sp³-hybridized carbons (Fsp3) is 0.0769. The van der Waals surface area contributed by atoms with Crippen molar-refractivity contribution in [3.05, 3.63) is 58.9 Å². The first kappa shape index (κ1) is 13.3. The summed E-state index contributed by atoms with van der Waals surface area (Å²) in [5.41, 5.74) is 4.34. The van der Waals surface area contributed by atoms with Crippen molar-refractivity contribution in [2.45, 2.75) is 6.54 Å². The zero-order valence-electron chi connectivity index (χ0n) is 10.1. The molecule has 0 saturated heterocycles. The summed E-state index contributed by atoms with van der Waals surface area (Å²) in [7, 11) is 0. The van der Waals surface area contributed by atoms with Crippen LogP contribution in [0.3, 0.4) is 0 Å². The number of carbonyl (C=O) groups excluding carboxylic acids is 1. The molecule has 2 rings (SSSR count). The molecule has 0 unspecified atom stereocenters. The van der Waals surface area contributed by atoms with Crippen LogP contribution < -0.4 is 16.6 Å². The topological polar surface area (TPSA) is 80.0 Å². The molecular formula is C13H13ClN4O. The van der Waals surface area contributed by atoms with Gasteiger partial charge in [-0.05, 0) is 23.8 Å². The van der Waals surface area contributed by atoms with Gasteiger partial charge in [0.05, 0.1) is 17.4 Å². The summed E-state index contributed by atoms with van der Waals surface area (Å²) in [6, 6.07) is 8.88. The molecule has 0 aliphatic carbocycles. The van der Waals surface area contributed by atoms with E-state index in [1.807, 2.05) is 12.1 Å². The minimum atomic E-state index is -0.217. The van der Waals surface area contributed by atoms with Crippen LogP contribution >= 0.6 is 11.6 Å². The highest BCUT2D eigenvalue weighted by molar-refractivity contribution is 6.30. The van der Waals surface area contributed by atoms with Gasteiger partial charge in [-0.15, -0.1) is 0 Å². The van der Waals surface area contributed by atoms with Crippen LogP contribution in [0.25, 0.3) is 0 Å². The summed E-state index contributed by atoms with van der Waals surface area (Å²) in [5.74, 6) is 5.11. The van der Waals surface area contributed by atoms with Crippen LogP contribution in [0.15, 0.2) is 42.7 Å². The minimum Gasteiger partial charge on any atom is -0.348 e. The van der Waals surface area contributed by atoms with Gasteiger partial charge in [-0.3, -0.25) is 15.6 Å². The van der Waals surface area contributed by atoms with E-state index in [4.69, 9.17) is 17.4 Å². The van der Waals surface area contributed by atoms with E-state index in [1.165, 1.54) is 12.4 Å². The molecule has 6 heteroatoms. The van der Waals surface area contributed by atoms with E-state index in [0.29, 0.717) is 22.8 Å². The van der Waals surface area contributed by atoms with Crippen LogP contribution in [-0.2, 0) is 6.54 Å². The number of amides is 1. The van der Waals surface area contributed by atoms with Crippen LogP contribution in [0.1, 0.15) is 15.9 Å². The minimum absolute atomic E-state index is 0.217. The van der Waals surface area contributed by atoms with Gasteiger partial charge in [0.1, 0.15) is 0 Å². The Kier molecular flexibility index (Phi) is 4.33. The van der Waals surface area contributed by atoms with Crippen LogP contribution in [0.4, 0.5) is 5.69 Å². The number of nitrogen functional groups attached to an aromatic ring is 1. The number of anilines is 1. The molecule has 0 spiro atoms. The first-order valence-corrected chi connectivity index (χ1v) is 6.02. The Morgan fingerprint density at radius 2 is 2.00 bits per heavy atom. The third-order valence-electron chi connectivity index (χ3n) is 2.59. The zero-order chi connectivity index (χ0) is 13.7. The van der Waals surface area contributed by atoms with Crippen LogP contribution in [-0.4, -0.2) is 10.9 Å². The van der Waals surface area contributed by atoms with Crippen LogP contribution in [0, 0.1) is 0 Å². The van der Waals surface area contributed by atoms with Gasteiger partial charge >= 0.3 is 0 Å². The molecule has 0 radical (unpaired) electrons. The molecule has 4 N–H and O–H groups in total. The van der Waals surface area contributed by atoms with Crippen molar-refractivity contribution in [2.75, 3.05) is 5.43 Å². The molecule has 19 heavy (non-hydrogen) atoms. The van der Waals surface area contributed by atoms with E-state index in [0.717, 1.165) is 5.56 Å². The SMILES string of the molecule is NNc1cnccc1C(=O)NCc1ccc(Cl)cc1. The largest absolute Gasteiger partial charge is 0.348 e. The van der Waals surface area contributed by atoms with E-state index in [2.05, 4.69) is 15.7 Å². The predicted molar refractivity (Wildman–Crippen MR) is 74.7 cm³/mol. The predicted octanol–water partition coefficient (Wildman–Crippen LogP) is 1.95. The number of aromatic nitrogens is 1. The van der Waals surface area contributed by atoms with Gasteiger partial charge in [0.15, 0.2) is 0 Å². The highest BCUT2D eigenvalue weighted by Gasteiger charge is 2.10. The zero-order valence-corrected chi connectivity index (χ0v) is 10.8. The maximum Gasteiger partial charge on any atom is 0.253 e. The standard InChI is InChI=1S/C13H13ClN4O/c14-10-3-1-9(2-4-10)7-17-13(19)11-5-6-16-8-12(11)18-15/h1-6,8,18H,7,15H2,(H,17,19). The summed E-state index contributed by atoms with van der Waals surface area (Å²) in [5, 5.41) is 3.47. The van der Waals surface area contributed by atoms with E-state index in [-0.39, 0.29) is 5.91 Å². The second-order valence-electron chi connectivity index (χ2n) is 3.87. The second-order valence-corrected chi connectivity index (χ2v) is 4.31. The van der Waals surface area contributed by atoms with Gasteiger partial charge in [0, 0.05) is 17.8 Å². The Hall–Kier alpha value is -2.11. The van der Waals surface area contributed by atoms with Crippen LogP contribution in [0.2, 0.25) is 5.02 Å². The molecule has 0 bridgehead atoms. The number of rotatable bonds is 4. The molecule has 0 atom stereocenters. The smallest absolute Gasteiger partial charge is 0.253 e. The number of carbonyl (C=O) groups is 1. The molecule has 0 aliphatic rings. The first-order valence-electron chi connectivity index (χ1n) is 5.64. The second kappa shape index (κ2) is 6.17. The van der Waals surface area contributed by atoms with Crippen molar-refractivity contribution >= 4 is 23.2 Å². The maximum atomic E-state index is 12.0. The Bertz CT molecular complexity index is 571. The molecule has 1 heterocycles. The summed E-state index contributed by atoms with van der Waals surface area (Å²) < 4.78 is 0. The number of nitrogens with two attached hydrogens (primary N) is 1. The van der Waals surface area contributed by atoms with E-state index >= 15 is 0 Å². The third kappa shape index (κ3) is 3.43. The molecule has 1 aromatic carbocycles. The number of benzene rings is 1. The first-order chi connectivity index (χ1) is 9.20. The maximum absolute atomic E-state index is 12.0. The summed E-state index contributed by atoms with van der Waals surface area (Å²) in [6.45, 7) is 0.419. The molecule has 5 nitrogen and oxygen atoms in total. The van der Waals surface area contributed by atoms with Gasteiger partial charge in [0.25, 0.3) is 5.91 Å². The van der Waals surface area contributed by atoms with Crippen molar-refractivity contribution in [3.8, 4) is 0 Å². The number of nitrogens with one attached hydrogen (secondary N) is 2. The number of hydrazine groups is 1. The van der Waals surface area contributed by atoms with Gasteiger partial charge in [0.2, 0.25) is 0 Å². The fourth-order valence-corrected chi connectivity index (χ4v) is 1.71. The van der Waals surface area contributed by atoms with E-state index in [9.17, 15) is 4.79 Å². The molecular weight excluding hydrogens is 264 g/mol. The van der Waals surface area contributed by atoms with E-state index < -0.39 is 0 Å². The lowest BCUT2D eigenvalue weighted by molar-refractivity contribution is 0.0951. The lowest BCUT2D eigenvalue weighted by atomic mass is 10.2. The lowest BCUT2D eigenvalue weighted by Crippen LogP contribution is -2.24. The molecule has 0 saturated carbocycles. The summed E-state index contributed by atoms with van der Waals surface area (Å²) in [6.07, 6.45) is 3.04. The fourth-order valence-electron chi connectivity index (χ4n) is 1.59. The summed E-state index contributed by atoms with van der Waals surface area (Å²) >= 11 is 5.79. The molecule has 1 aromatic heterocycles. The van der Waals surface area contributed by atoms with Gasteiger partial charge in [-0.2, -0.15) is 0 Å². The van der Waals surface area contributed by atoms with E-state index in [1.54, 1.807) is 18.2 Å². The Morgan fingerprint density at radius 3 is 2.68 bits per heavy atom.